The summed E-state index contributed by atoms with van der Waals surface area (Å²) < 4.78 is 10.4. The van der Waals surface area contributed by atoms with Crippen molar-refractivity contribution in [2.45, 2.75) is 32.2 Å². The summed E-state index contributed by atoms with van der Waals surface area (Å²) >= 11 is 0. The number of hydrogen-bond acceptors (Lipinski definition) is 5. The molecule has 0 aliphatic rings. The molecular weight excluding hydrogens is 298 g/mol. The van der Waals surface area contributed by atoms with Gasteiger partial charge in [-0.15, -0.1) is 0 Å². The minimum Gasteiger partial charge on any atom is -0.493 e. The molecule has 2 amide bonds. The number of primary amides is 1. The highest BCUT2D eigenvalue weighted by atomic mass is 16.5. The number of rotatable bonds is 9. The molecule has 7 heteroatoms. The molecule has 7 nitrogen and oxygen atoms in total. The summed E-state index contributed by atoms with van der Waals surface area (Å²) in [5.41, 5.74) is 10.8. The first-order valence-electron chi connectivity index (χ1n) is 7.53. The fourth-order valence-electron chi connectivity index (χ4n) is 2.16. The van der Waals surface area contributed by atoms with Crippen molar-refractivity contribution in [2.75, 3.05) is 20.3 Å². The molecule has 0 unspecified atom stereocenters. The van der Waals surface area contributed by atoms with Crippen LogP contribution >= 0.6 is 0 Å². The van der Waals surface area contributed by atoms with Gasteiger partial charge in [-0.3, -0.25) is 9.59 Å². The molecule has 5 N–H and O–H groups in total. The number of benzene rings is 1. The highest BCUT2D eigenvalue weighted by Crippen LogP contribution is 2.28. The Labute approximate surface area is 136 Å². The zero-order valence-electron chi connectivity index (χ0n) is 13.8. The number of nitrogens with two attached hydrogens (primary N) is 2. The van der Waals surface area contributed by atoms with Gasteiger partial charge in [0.1, 0.15) is 0 Å². The molecule has 0 saturated heterocycles. The van der Waals surface area contributed by atoms with Crippen LogP contribution < -0.4 is 26.3 Å². The summed E-state index contributed by atoms with van der Waals surface area (Å²) in [4.78, 5) is 23.2. The van der Waals surface area contributed by atoms with E-state index in [0.717, 1.165) is 12.8 Å². The van der Waals surface area contributed by atoms with Crippen LogP contribution in [0.25, 0.3) is 0 Å². The predicted octanol–water partition coefficient (Wildman–Crippen LogP) is 0.807. The number of amides is 2. The minimum absolute atomic E-state index is 0.237. The van der Waals surface area contributed by atoms with Crippen molar-refractivity contribution in [1.29, 1.82) is 0 Å². The second-order valence-electron chi connectivity index (χ2n) is 5.27. The van der Waals surface area contributed by atoms with E-state index < -0.39 is 11.4 Å². The molecule has 0 aliphatic heterocycles. The van der Waals surface area contributed by atoms with Gasteiger partial charge in [0, 0.05) is 12.1 Å². The third-order valence-electron chi connectivity index (χ3n) is 3.92. The van der Waals surface area contributed by atoms with E-state index in [1.165, 1.54) is 7.11 Å². The molecule has 0 fully saturated rings. The molecule has 1 rings (SSSR count). The second-order valence-corrected chi connectivity index (χ2v) is 5.27. The summed E-state index contributed by atoms with van der Waals surface area (Å²) in [6.07, 6.45) is 1.48. The van der Waals surface area contributed by atoms with Gasteiger partial charge in [0.25, 0.3) is 11.8 Å². The topological polar surface area (TPSA) is 117 Å². The molecule has 23 heavy (non-hydrogen) atoms. The van der Waals surface area contributed by atoms with Crippen LogP contribution in [0.1, 0.15) is 37.0 Å². The maximum atomic E-state index is 12.4. The molecule has 0 heterocycles. The van der Waals surface area contributed by atoms with Crippen LogP contribution in [0.2, 0.25) is 0 Å². The van der Waals surface area contributed by atoms with Crippen LogP contribution in [-0.2, 0) is 4.79 Å². The molecule has 1 aromatic rings. The molecule has 1 aromatic carbocycles. The summed E-state index contributed by atoms with van der Waals surface area (Å²) in [5.74, 6) is -0.129. The number of hydrogen-bond donors (Lipinski definition) is 3. The standard InChI is InChI=1S/C16H25N3O4/c1-4-16(5-2,10-17)19-15(21)11-6-7-12(13(8-11)22-3)23-9-14(18)20/h6-8H,4-5,9-10,17H2,1-3H3,(H2,18,20)(H,19,21). The molecular formula is C16H25N3O4. The van der Waals surface area contributed by atoms with Gasteiger partial charge in [0.15, 0.2) is 18.1 Å². The summed E-state index contributed by atoms with van der Waals surface area (Å²) in [6, 6.07) is 4.72. The number of methoxy groups -OCH3 is 1. The van der Waals surface area contributed by atoms with Crippen molar-refractivity contribution in [3.8, 4) is 11.5 Å². The van der Waals surface area contributed by atoms with Crippen molar-refractivity contribution in [3.63, 3.8) is 0 Å². The van der Waals surface area contributed by atoms with Gasteiger partial charge in [-0.1, -0.05) is 13.8 Å². The maximum Gasteiger partial charge on any atom is 0.255 e. The van der Waals surface area contributed by atoms with Gasteiger partial charge in [-0.05, 0) is 31.0 Å². The predicted molar refractivity (Wildman–Crippen MR) is 87.5 cm³/mol. The Morgan fingerprint density at radius 1 is 1.22 bits per heavy atom. The zero-order chi connectivity index (χ0) is 17.5. The fourth-order valence-corrected chi connectivity index (χ4v) is 2.16. The lowest BCUT2D eigenvalue weighted by molar-refractivity contribution is -0.119. The second kappa shape index (κ2) is 8.38. The van der Waals surface area contributed by atoms with E-state index in [2.05, 4.69) is 5.32 Å². The summed E-state index contributed by atoms with van der Waals surface area (Å²) in [7, 11) is 1.45. The third-order valence-corrected chi connectivity index (χ3v) is 3.92. The van der Waals surface area contributed by atoms with Crippen molar-refractivity contribution in [2.24, 2.45) is 11.5 Å². The largest absolute Gasteiger partial charge is 0.493 e. The first kappa shape index (κ1) is 18.8. The molecule has 0 atom stereocenters. The monoisotopic (exact) mass is 323 g/mol. The molecule has 0 saturated carbocycles. The summed E-state index contributed by atoms with van der Waals surface area (Å²) in [6.45, 7) is 4.07. The summed E-state index contributed by atoms with van der Waals surface area (Å²) in [5, 5.41) is 2.98. The van der Waals surface area contributed by atoms with E-state index in [-0.39, 0.29) is 12.5 Å². The lowest BCUT2D eigenvalue weighted by atomic mass is 9.92. The van der Waals surface area contributed by atoms with Crippen LogP contribution in [0.3, 0.4) is 0 Å². The van der Waals surface area contributed by atoms with Crippen molar-refractivity contribution >= 4 is 11.8 Å². The van der Waals surface area contributed by atoms with E-state index in [0.29, 0.717) is 23.6 Å². The van der Waals surface area contributed by atoms with Gasteiger partial charge in [0.05, 0.1) is 12.6 Å². The highest BCUT2D eigenvalue weighted by Gasteiger charge is 2.27. The van der Waals surface area contributed by atoms with Crippen molar-refractivity contribution in [1.82, 2.24) is 5.32 Å². The number of carbonyl (C=O) groups excluding carboxylic acids is 2. The average molecular weight is 323 g/mol. The van der Waals surface area contributed by atoms with E-state index in [1.807, 2.05) is 13.8 Å². The number of nitrogens with one attached hydrogen (secondary N) is 1. The molecule has 128 valence electrons. The Morgan fingerprint density at radius 2 is 1.87 bits per heavy atom. The number of carbonyl (C=O) groups is 2. The van der Waals surface area contributed by atoms with Gasteiger partial charge < -0.3 is 26.3 Å². The van der Waals surface area contributed by atoms with E-state index in [1.54, 1.807) is 18.2 Å². The zero-order valence-corrected chi connectivity index (χ0v) is 13.8. The Morgan fingerprint density at radius 3 is 2.35 bits per heavy atom. The Hall–Kier alpha value is -2.28. The van der Waals surface area contributed by atoms with Crippen LogP contribution in [0, 0.1) is 0 Å². The average Bonchev–Trinajstić information content (AvgIpc) is 2.57. The first-order valence-corrected chi connectivity index (χ1v) is 7.53. The third kappa shape index (κ3) is 4.85. The fraction of sp³-hybridized carbons (Fsp3) is 0.500. The van der Waals surface area contributed by atoms with Crippen molar-refractivity contribution in [3.05, 3.63) is 23.8 Å². The van der Waals surface area contributed by atoms with Gasteiger partial charge >= 0.3 is 0 Å². The van der Waals surface area contributed by atoms with Crippen molar-refractivity contribution < 1.29 is 19.1 Å². The van der Waals surface area contributed by atoms with E-state index >= 15 is 0 Å². The number of ether oxygens (including phenoxy) is 2. The Balaban J connectivity index is 2.96. The van der Waals surface area contributed by atoms with Crippen LogP contribution in [-0.4, -0.2) is 37.6 Å². The van der Waals surface area contributed by atoms with Gasteiger partial charge in [-0.25, -0.2) is 0 Å². The molecule has 0 bridgehead atoms. The van der Waals surface area contributed by atoms with Gasteiger partial charge in [-0.2, -0.15) is 0 Å². The molecule has 0 aliphatic carbocycles. The van der Waals surface area contributed by atoms with Crippen LogP contribution in [0.5, 0.6) is 11.5 Å². The van der Waals surface area contributed by atoms with E-state index in [9.17, 15) is 9.59 Å². The Kier molecular flexibility index (Phi) is 6.84. The lowest BCUT2D eigenvalue weighted by Gasteiger charge is -2.31. The SMILES string of the molecule is CCC(CC)(CN)NC(=O)c1ccc(OCC(N)=O)c(OC)c1. The smallest absolute Gasteiger partial charge is 0.255 e. The first-order chi connectivity index (χ1) is 10.9. The molecule has 0 spiro atoms. The Bertz CT molecular complexity index is 548. The molecule has 0 radical (unpaired) electrons. The van der Waals surface area contributed by atoms with Gasteiger partial charge in [0.2, 0.25) is 0 Å². The van der Waals surface area contributed by atoms with Crippen LogP contribution in [0.15, 0.2) is 18.2 Å². The quantitative estimate of drug-likeness (QED) is 0.621. The van der Waals surface area contributed by atoms with Crippen LogP contribution in [0.4, 0.5) is 0 Å². The molecule has 0 aromatic heterocycles. The highest BCUT2D eigenvalue weighted by molar-refractivity contribution is 5.95. The lowest BCUT2D eigenvalue weighted by Crippen LogP contribution is -2.52. The van der Waals surface area contributed by atoms with E-state index in [4.69, 9.17) is 20.9 Å². The minimum atomic E-state index is -0.590. The maximum absolute atomic E-state index is 12.4. The normalized spacial score (nSPS) is 11.0.